The summed E-state index contributed by atoms with van der Waals surface area (Å²) in [4.78, 5) is 11.2. The van der Waals surface area contributed by atoms with Crippen molar-refractivity contribution in [1.29, 1.82) is 0 Å². The maximum atomic E-state index is 11.7. The maximum Gasteiger partial charge on any atom is 0.152 e. The minimum Gasteiger partial charge on any atom is -0.373 e. The molecule has 2 heterocycles. The molecule has 0 aliphatic carbocycles. The number of nitrogens with zero attached hydrogens (tertiary/aromatic N) is 3. The summed E-state index contributed by atoms with van der Waals surface area (Å²) in [6, 6.07) is 1.88. The summed E-state index contributed by atoms with van der Waals surface area (Å²) in [6.07, 6.45) is 0.645. The Morgan fingerprint density at radius 3 is 2.52 bits per heavy atom. The van der Waals surface area contributed by atoms with Gasteiger partial charge in [-0.15, -0.1) is 0 Å². The van der Waals surface area contributed by atoms with Gasteiger partial charge in [-0.25, -0.2) is 18.4 Å². The van der Waals surface area contributed by atoms with E-state index in [2.05, 4.69) is 36.1 Å². The zero-order chi connectivity index (χ0) is 15.7. The average Bonchev–Trinajstić information content (AvgIpc) is 2.58. The Hall–Kier alpha value is -1.37. The molecule has 1 aromatic heterocycles. The maximum absolute atomic E-state index is 11.7. The second-order valence-corrected chi connectivity index (χ2v) is 8.73. The first-order chi connectivity index (χ1) is 9.71. The van der Waals surface area contributed by atoms with Crippen molar-refractivity contribution in [3.63, 3.8) is 0 Å². The molecule has 118 valence electrons. The Balaban J connectivity index is 2.34. The van der Waals surface area contributed by atoms with Gasteiger partial charge in [0, 0.05) is 31.6 Å². The predicted octanol–water partition coefficient (Wildman–Crippen LogP) is 1.44. The van der Waals surface area contributed by atoms with Crippen LogP contribution in [0.4, 0.5) is 11.6 Å². The Morgan fingerprint density at radius 2 is 1.90 bits per heavy atom. The molecule has 7 heteroatoms. The minimum atomic E-state index is -2.92. The number of sulfone groups is 1. The molecule has 1 aromatic rings. The van der Waals surface area contributed by atoms with Crippen molar-refractivity contribution in [3.8, 4) is 0 Å². The largest absolute Gasteiger partial charge is 0.373 e. The van der Waals surface area contributed by atoms with Gasteiger partial charge in [-0.05, 0) is 6.42 Å². The summed E-state index contributed by atoms with van der Waals surface area (Å²) in [5.41, 5.74) is -0.153. The van der Waals surface area contributed by atoms with Crippen molar-refractivity contribution in [2.75, 3.05) is 41.9 Å². The lowest BCUT2D eigenvalue weighted by Gasteiger charge is -2.24. The minimum absolute atomic E-state index is 0.153. The molecule has 0 unspecified atom stereocenters. The smallest absolute Gasteiger partial charge is 0.152 e. The lowest BCUT2D eigenvalue weighted by atomic mass is 9.96. The molecule has 0 radical (unpaired) electrons. The lowest BCUT2D eigenvalue weighted by Crippen LogP contribution is -2.29. The van der Waals surface area contributed by atoms with Crippen LogP contribution in [-0.2, 0) is 15.3 Å². The van der Waals surface area contributed by atoms with Crippen LogP contribution < -0.4 is 10.2 Å². The van der Waals surface area contributed by atoms with E-state index in [0.29, 0.717) is 19.5 Å². The highest BCUT2D eigenvalue weighted by Crippen LogP contribution is 2.24. The second kappa shape index (κ2) is 5.79. The molecule has 1 saturated heterocycles. The molecule has 21 heavy (non-hydrogen) atoms. The van der Waals surface area contributed by atoms with Crippen LogP contribution in [0, 0.1) is 0 Å². The number of hydrogen-bond donors (Lipinski definition) is 1. The fraction of sp³-hybridized carbons (Fsp3) is 0.714. The van der Waals surface area contributed by atoms with Crippen molar-refractivity contribution >= 4 is 21.5 Å². The average molecular weight is 312 g/mol. The molecule has 0 spiro atoms. The third-order valence-corrected chi connectivity index (χ3v) is 5.23. The third-order valence-electron chi connectivity index (χ3n) is 3.52. The van der Waals surface area contributed by atoms with E-state index in [1.54, 1.807) is 0 Å². The first-order valence-corrected chi connectivity index (χ1v) is 9.06. The molecule has 1 fully saturated rings. The van der Waals surface area contributed by atoms with Gasteiger partial charge < -0.3 is 10.2 Å². The molecule has 0 saturated carbocycles. The molecule has 6 nitrogen and oxygen atoms in total. The van der Waals surface area contributed by atoms with Crippen molar-refractivity contribution in [2.24, 2.45) is 0 Å². The highest BCUT2D eigenvalue weighted by atomic mass is 32.2. The third kappa shape index (κ3) is 4.06. The van der Waals surface area contributed by atoms with E-state index in [0.717, 1.165) is 17.5 Å². The SMILES string of the molecule is CNc1cc(N2CCCS(=O)(=O)CC2)nc(C(C)(C)C)n1. The first-order valence-electron chi connectivity index (χ1n) is 7.24. The molecular weight excluding hydrogens is 288 g/mol. The highest BCUT2D eigenvalue weighted by molar-refractivity contribution is 7.91. The van der Waals surface area contributed by atoms with E-state index in [-0.39, 0.29) is 16.9 Å². The fourth-order valence-electron chi connectivity index (χ4n) is 2.23. The summed E-state index contributed by atoms with van der Waals surface area (Å²) in [5.74, 6) is 2.78. The Morgan fingerprint density at radius 1 is 1.19 bits per heavy atom. The van der Waals surface area contributed by atoms with Crippen LogP contribution in [0.2, 0.25) is 0 Å². The quantitative estimate of drug-likeness (QED) is 0.890. The lowest BCUT2D eigenvalue weighted by molar-refractivity contribution is 0.545. The number of rotatable bonds is 2. The normalized spacial score (nSPS) is 19.1. The van der Waals surface area contributed by atoms with Crippen LogP contribution in [-0.4, -0.2) is 50.0 Å². The molecule has 1 aliphatic rings. The molecule has 1 N–H and O–H groups in total. The number of hydrogen-bond acceptors (Lipinski definition) is 6. The van der Waals surface area contributed by atoms with Crippen LogP contribution >= 0.6 is 0 Å². The van der Waals surface area contributed by atoms with Crippen molar-refractivity contribution in [3.05, 3.63) is 11.9 Å². The topological polar surface area (TPSA) is 75.2 Å². The standard InChI is InChI=1S/C14H24N4O2S/c1-14(2,3)13-16-11(15-4)10-12(17-13)18-6-5-8-21(19,20)9-7-18/h10H,5-9H2,1-4H3,(H,15,16,17). The predicted molar refractivity (Wildman–Crippen MR) is 85.8 cm³/mol. The van der Waals surface area contributed by atoms with E-state index in [4.69, 9.17) is 0 Å². The van der Waals surface area contributed by atoms with Gasteiger partial charge in [0.25, 0.3) is 0 Å². The monoisotopic (exact) mass is 312 g/mol. The molecule has 0 bridgehead atoms. The summed E-state index contributed by atoms with van der Waals surface area (Å²) in [5, 5.41) is 3.05. The van der Waals surface area contributed by atoms with E-state index in [1.165, 1.54) is 0 Å². The molecule has 2 rings (SSSR count). The van der Waals surface area contributed by atoms with Crippen molar-refractivity contribution < 1.29 is 8.42 Å². The molecular formula is C14H24N4O2S. The van der Waals surface area contributed by atoms with Gasteiger partial charge in [0.1, 0.15) is 17.5 Å². The van der Waals surface area contributed by atoms with Gasteiger partial charge in [0.2, 0.25) is 0 Å². The van der Waals surface area contributed by atoms with Gasteiger partial charge >= 0.3 is 0 Å². The van der Waals surface area contributed by atoms with Gasteiger partial charge in [-0.1, -0.05) is 20.8 Å². The zero-order valence-electron chi connectivity index (χ0n) is 13.2. The van der Waals surface area contributed by atoms with E-state index < -0.39 is 9.84 Å². The molecule has 0 atom stereocenters. The van der Waals surface area contributed by atoms with Crippen molar-refractivity contribution in [2.45, 2.75) is 32.6 Å². The van der Waals surface area contributed by atoms with Crippen LogP contribution in [0.5, 0.6) is 0 Å². The molecule has 0 amide bonds. The van der Waals surface area contributed by atoms with Crippen molar-refractivity contribution in [1.82, 2.24) is 9.97 Å². The van der Waals surface area contributed by atoms with Gasteiger partial charge in [-0.3, -0.25) is 0 Å². The molecule has 1 aliphatic heterocycles. The first kappa shape index (κ1) is 16.0. The second-order valence-electron chi connectivity index (χ2n) is 6.43. The van der Waals surface area contributed by atoms with E-state index in [1.807, 2.05) is 18.0 Å². The summed E-state index contributed by atoms with van der Waals surface area (Å²) in [6.45, 7) is 7.41. The van der Waals surface area contributed by atoms with E-state index >= 15 is 0 Å². The summed E-state index contributed by atoms with van der Waals surface area (Å²) in [7, 11) is -1.09. The van der Waals surface area contributed by atoms with Crippen LogP contribution in [0.25, 0.3) is 0 Å². The zero-order valence-corrected chi connectivity index (χ0v) is 14.0. The Kier molecular flexibility index (Phi) is 4.41. The van der Waals surface area contributed by atoms with Gasteiger partial charge in [-0.2, -0.15) is 0 Å². The van der Waals surface area contributed by atoms with Gasteiger partial charge in [0.15, 0.2) is 9.84 Å². The fourth-order valence-corrected chi connectivity index (χ4v) is 3.50. The Labute approximate surface area is 126 Å². The Bertz CT molecular complexity index is 608. The number of anilines is 2. The van der Waals surface area contributed by atoms with E-state index in [9.17, 15) is 8.42 Å². The molecule has 0 aromatic carbocycles. The van der Waals surface area contributed by atoms with Crippen LogP contribution in [0.3, 0.4) is 0 Å². The number of nitrogens with one attached hydrogen (secondary N) is 1. The summed E-state index contributed by atoms with van der Waals surface area (Å²) < 4.78 is 23.4. The van der Waals surface area contributed by atoms with Gasteiger partial charge in [0.05, 0.1) is 11.5 Å². The van der Waals surface area contributed by atoms with Crippen LogP contribution in [0.15, 0.2) is 6.07 Å². The number of aromatic nitrogens is 2. The summed E-state index contributed by atoms with van der Waals surface area (Å²) >= 11 is 0. The highest BCUT2D eigenvalue weighted by Gasteiger charge is 2.23. The van der Waals surface area contributed by atoms with Crippen LogP contribution in [0.1, 0.15) is 33.0 Å².